The average Bonchev–Trinajstić information content (AvgIpc) is 2.77. The molecule has 0 amide bonds. The molecule has 1 aromatic carbocycles. The molecule has 0 atom stereocenters. The maximum absolute atomic E-state index is 4.21. The molecule has 2 heteroatoms. The van der Waals surface area contributed by atoms with Crippen molar-refractivity contribution in [3.63, 3.8) is 0 Å². The summed E-state index contributed by atoms with van der Waals surface area (Å²) in [6.07, 6.45) is 21.9. The lowest BCUT2D eigenvalue weighted by Crippen LogP contribution is -2.46. The molecule has 0 aliphatic heterocycles. The lowest BCUT2D eigenvalue weighted by molar-refractivity contribution is 0.584. The van der Waals surface area contributed by atoms with Gasteiger partial charge in [0.25, 0.3) is 0 Å². The van der Waals surface area contributed by atoms with E-state index < -0.39 is 16.1 Å². The van der Waals surface area contributed by atoms with Gasteiger partial charge in [-0.05, 0) is 5.56 Å². The Kier molecular flexibility index (Phi) is 14.8. The lowest BCUT2D eigenvalue weighted by Gasteiger charge is -2.29. The summed E-state index contributed by atoms with van der Waals surface area (Å²) in [5.74, 6) is 0. The highest BCUT2D eigenvalue weighted by atomic mass is 28.3. The molecular formula is C30H56Si2. The largest absolute Gasteiger partial charge is 0.0985 e. The maximum Gasteiger partial charge on any atom is 0.0814 e. The van der Waals surface area contributed by atoms with E-state index in [-0.39, 0.29) is 0 Å². The molecule has 0 N–H and O–H groups in total. The zero-order valence-corrected chi connectivity index (χ0v) is 24.8. The number of hydrogen-bond donors (Lipinski definition) is 0. The minimum Gasteiger partial charge on any atom is -0.0985 e. The molecule has 0 saturated carbocycles. The van der Waals surface area contributed by atoms with Gasteiger partial charge in [-0.3, -0.25) is 0 Å². The van der Waals surface area contributed by atoms with Gasteiger partial charge in [-0.1, -0.05) is 183 Å². The van der Waals surface area contributed by atoms with E-state index in [9.17, 15) is 0 Å². The highest BCUT2D eigenvalue weighted by Gasteiger charge is 2.28. The van der Waals surface area contributed by atoms with E-state index in [1.54, 1.807) is 10.4 Å². The highest BCUT2D eigenvalue weighted by molar-refractivity contribution is 6.91. The van der Waals surface area contributed by atoms with Crippen molar-refractivity contribution in [3.8, 4) is 0 Å². The molecule has 0 fully saturated rings. The van der Waals surface area contributed by atoms with Crippen LogP contribution in [-0.4, -0.2) is 16.1 Å². The smallest absolute Gasteiger partial charge is 0.0814 e. The molecule has 0 unspecified atom stereocenters. The summed E-state index contributed by atoms with van der Waals surface area (Å²) in [6.45, 7) is 19.1. The Hall–Kier alpha value is -0.606. The molecule has 0 aliphatic carbocycles. The van der Waals surface area contributed by atoms with Crippen LogP contribution in [0.2, 0.25) is 38.3 Å². The van der Waals surface area contributed by atoms with E-state index in [1.807, 2.05) is 0 Å². The molecule has 1 rings (SSSR count). The molecule has 0 nitrogen and oxygen atoms in total. The molecular weight excluding hydrogens is 417 g/mol. The molecule has 32 heavy (non-hydrogen) atoms. The van der Waals surface area contributed by atoms with Crippen molar-refractivity contribution in [2.75, 3.05) is 0 Å². The van der Waals surface area contributed by atoms with Gasteiger partial charge in [0.1, 0.15) is 0 Å². The molecule has 0 spiro atoms. The van der Waals surface area contributed by atoms with Crippen molar-refractivity contribution in [2.24, 2.45) is 0 Å². The first-order valence-corrected chi connectivity index (χ1v) is 20.5. The first kappa shape index (κ1) is 29.4. The Morgan fingerprint density at radius 1 is 0.625 bits per heavy atom. The molecule has 0 bridgehead atoms. The summed E-state index contributed by atoms with van der Waals surface area (Å²) in [7, 11) is -2.77. The Morgan fingerprint density at radius 3 is 1.53 bits per heavy atom. The number of unbranched alkanes of at least 4 members (excludes halogenated alkanes) is 12. The van der Waals surface area contributed by atoms with E-state index in [1.165, 1.54) is 108 Å². The van der Waals surface area contributed by atoms with E-state index in [0.29, 0.717) is 0 Å². The van der Waals surface area contributed by atoms with Gasteiger partial charge < -0.3 is 0 Å². The second-order valence-corrected chi connectivity index (χ2v) is 21.2. The van der Waals surface area contributed by atoms with Gasteiger partial charge in [0.05, 0.1) is 16.1 Å². The summed E-state index contributed by atoms with van der Waals surface area (Å²) in [5, 5.41) is 3.28. The van der Waals surface area contributed by atoms with Crippen molar-refractivity contribution < 1.29 is 0 Å². The third-order valence-corrected chi connectivity index (χ3v) is 14.6. The van der Waals surface area contributed by atoms with Crippen molar-refractivity contribution >= 4 is 32.6 Å². The Balaban J connectivity index is 2.61. The van der Waals surface area contributed by atoms with Crippen LogP contribution in [0.15, 0.2) is 24.8 Å². The standard InChI is InChI=1S/C30H56Si2/c1-8-11-13-15-17-18-20-21-25-31(4,5)29-23-24-30(28(10-3)27-29)32(6,7)26-22-19-16-14-12-9-2/h10,23-24,27H,3,8-9,11-22,25-26H2,1-2,4-7H3. The van der Waals surface area contributed by atoms with Crippen LogP contribution in [0.3, 0.4) is 0 Å². The fourth-order valence-electron chi connectivity index (χ4n) is 5.10. The van der Waals surface area contributed by atoms with Crippen molar-refractivity contribution in [3.05, 3.63) is 30.3 Å². The Labute approximate surface area is 204 Å². The summed E-state index contributed by atoms with van der Waals surface area (Å²) >= 11 is 0. The third-order valence-electron chi connectivity index (χ3n) is 7.59. The van der Waals surface area contributed by atoms with Crippen LogP contribution < -0.4 is 10.4 Å². The van der Waals surface area contributed by atoms with Gasteiger partial charge in [0, 0.05) is 0 Å². The summed E-state index contributed by atoms with van der Waals surface area (Å²) in [5.41, 5.74) is 1.45. The predicted octanol–water partition coefficient (Wildman–Crippen LogP) is 9.66. The average molecular weight is 473 g/mol. The van der Waals surface area contributed by atoms with E-state index in [2.05, 4.69) is 70.9 Å². The van der Waals surface area contributed by atoms with Crippen molar-refractivity contribution in [1.29, 1.82) is 0 Å². The normalized spacial score (nSPS) is 12.3. The molecule has 0 radical (unpaired) electrons. The van der Waals surface area contributed by atoms with Gasteiger partial charge in [-0.25, -0.2) is 0 Å². The molecule has 184 valence electrons. The van der Waals surface area contributed by atoms with Crippen molar-refractivity contribution in [2.45, 2.75) is 142 Å². The van der Waals surface area contributed by atoms with E-state index in [0.717, 1.165) is 0 Å². The second-order valence-electron chi connectivity index (χ2n) is 11.5. The summed E-state index contributed by atoms with van der Waals surface area (Å²) in [6, 6.07) is 10.4. The second kappa shape index (κ2) is 16.1. The Morgan fingerprint density at radius 2 is 1.06 bits per heavy atom. The van der Waals surface area contributed by atoms with Crippen LogP contribution >= 0.6 is 0 Å². The zero-order chi connectivity index (χ0) is 23.9. The van der Waals surface area contributed by atoms with Gasteiger partial charge in [0.15, 0.2) is 0 Å². The maximum atomic E-state index is 4.21. The zero-order valence-electron chi connectivity index (χ0n) is 22.8. The molecule has 0 saturated heterocycles. The number of rotatable bonds is 19. The van der Waals surface area contributed by atoms with Crippen LogP contribution in [0.25, 0.3) is 6.08 Å². The van der Waals surface area contributed by atoms with Gasteiger partial charge in [0.2, 0.25) is 0 Å². The monoisotopic (exact) mass is 472 g/mol. The van der Waals surface area contributed by atoms with Crippen LogP contribution in [0.4, 0.5) is 0 Å². The topological polar surface area (TPSA) is 0 Å². The van der Waals surface area contributed by atoms with Gasteiger partial charge in [-0.2, -0.15) is 0 Å². The van der Waals surface area contributed by atoms with Gasteiger partial charge >= 0.3 is 0 Å². The van der Waals surface area contributed by atoms with E-state index >= 15 is 0 Å². The minimum atomic E-state index is -1.40. The van der Waals surface area contributed by atoms with Crippen LogP contribution in [0, 0.1) is 0 Å². The Bertz CT molecular complexity index is 630. The molecule has 0 aliphatic rings. The molecule has 0 heterocycles. The first-order valence-electron chi connectivity index (χ1n) is 14.1. The molecule has 0 aromatic heterocycles. The number of hydrogen-bond acceptors (Lipinski definition) is 0. The van der Waals surface area contributed by atoms with Crippen LogP contribution in [0.5, 0.6) is 0 Å². The summed E-state index contributed by atoms with van der Waals surface area (Å²) < 4.78 is 0. The van der Waals surface area contributed by atoms with Crippen molar-refractivity contribution in [1.82, 2.24) is 0 Å². The van der Waals surface area contributed by atoms with E-state index in [4.69, 9.17) is 0 Å². The lowest BCUT2D eigenvalue weighted by atomic mass is 10.1. The third kappa shape index (κ3) is 11.0. The SMILES string of the molecule is C=Cc1cc([Si](C)(C)CCCCCCCCCC)ccc1[Si](C)(C)CCCCCCCC. The fourth-order valence-corrected chi connectivity index (χ4v) is 10.5. The minimum absolute atomic E-state index is 1.34. The summed E-state index contributed by atoms with van der Waals surface area (Å²) in [4.78, 5) is 0. The first-order chi connectivity index (χ1) is 15.3. The number of benzene rings is 1. The van der Waals surface area contributed by atoms with Crippen LogP contribution in [0.1, 0.15) is 109 Å². The predicted molar refractivity (Wildman–Crippen MR) is 156 cm³/mol. The molecule has 1 aromatic rings. The fraction of sp³-hybridized carbons (Fsp3) is 0.733. The quantitative estimate of drug-likeness (QED) is 0.139. The van der Waals surface area contributed by atoms with Gasteiger partial charge in [-0.15, -0.1) is 0 Å². The highest BCUT2D eigenvalue weighted by Crippen LogP contribution is 2.21. The van der Waals surface area contributed by atoms with Crippen LogP contribution in [-0.2, 0) is 0 Å².